The molecular formula is C21H23N3O4S. The van der Waals surface area contributed by atoms with Gasteiger partial charge in [-0.1, -0.05) is 30.3 Å². The molecule has 0 spiro atoms. The van der Waals surface area contributed by atoms with Crippen LogP contribution in [0.1, 0.15) is 30.9 Å². The Balaban J connectivity index is 1.66. The first-order chi connectivity index (χ1) is 14.0. The number of carbonyl (C=O) groups is 2. The second-order valence-electron chi connectivity index (χ2n) is 7.24. The summed E-state index contributed by atoms with van der Waals surface area (Å²) in [7, 11) is -3.82. The molecule has 1 N–H and O–H groups in total. The van der Waals surface area contributed by atoms with Crippen LogP contribution in [0.25, 0.3) is 0 Å². The predicted molar refractivity (Wildman–Crippen MR) is 109 cm³/mol. The minimum absolute atomic E-state index is 0.0573. The van der Waals surface area contributed by atoms with Crippen LogP contribution in [0.5, 0.6) is 0 Å². The molecule has 152 valence electrons. The fourth-order valence-corrected chi connectivity index (χ4v) is 5.53. The van der Waals surface area contributed by atoms with Gasteiger partial charge in [0, 0.05) is 38.2 Å². The second kappa shape index (κ2) is 7.96. The van der Waals surface area contributed by atoms with Crippen molar-refractivity contribution in [1.29, 1.82) is 0 Å². The lowest BCUT2D eigenvalue weighted by atomic mass is 10.0. The Morgan fingerprint density at radius 3 is 2.31 bits per heavy atom. The van der Waals surface area contributed by atoms with Gasteiger partial charge in [0.05, 0.1) is 10.9 Å². The van der Waals surface area contributed by atoms with Gasteiger partial charge in [-0.2, -0.15) is 4.31 Å². The van der Waals surface area contributed by atoms with E-state index in [4.69, 9.17) is 0 Å². The van der Waals surface area contributed by atoms with Gasteiger partial charge in [0.25, 0.3) is 0 Å². The highest BCUT2D eigenvalue weighted by Crippen LogP contribution is 2.32. The minimum Gasteiger partial charge on any atom is -0.355 e. The number of carbonyl (C=O) groups excluding carboxylic acids is 2. The van der Waals surface area contributed by atoms with Crippen molar-refractivity contribution in [3.05, 3.63) is 60.2 Å². The SMILES string of the molecule is O=C1C[C@@H](c2ccccc2)N(S(=O)(=O)c2ccc(N3CCCC3=O)cc2)CCN1. The first-order valence-electron chi connectivity index (χ1n) is 9.71. The van der Waals surface area contributed by atoms with E-state index in [2.05, 4.69) is 5.32 Å². The van der Waals surface area contributed by atoms with Gasteiger partial charge < -0.3 is 10.2 Å². The Bertz CT molecular complexity index is 1010. The third-order valence-electron chi connectivity index (χ3n) is 5.39. The van der Waals surface area contributed by atoms with E-state index in [1.54, 1.807) is 29.2 Å². The molecule has 4 rings (SSSR count). The monoisotopic (exact) mass is 413 g/mol. The first kappa shape index (κ1) is 19.6. The molecule has 0 radical (unpaired) electrons. The molecule has 2 heterocycles. The predicted octanol–water partition coefficient (Wildman–Crippen LogP) is 2.07. The van der Waals surface area contributed by atoms with Gasteiger partial charge in [0.15, 0.2) is 0 Å². The molecule has 2 saturated heterocycles. The molecule has 2 aromatic rings. The summed E-state index contributed by atoms with van der Waals surface area (Å²) >= 11 is 0. The van der Waals surface area contributed by atoms with Crippen molar-refractivity contribution in [2.75, 3.05) is 24.5 Å². The minimum atomic E-state index is -3.82. The highest BCUT2D eigenvalue weighted by Gasteiger charge is 2.35. The molecule has 2 aliphatic rings. The Kier molecular flexibility index (Phi) is 5.38. The lowest BCUT2D eigenvalue weighted by molar-refractivity contribution is -0.121. The van der Waals surface area contributed by atoms with Crippen molar-refractivity contribution in [3.8, 4) is 0 Å². The molecule has 2 aliphatic heterocycles. The molecule has 2 fully saturated rings. The summed E-state index contributed by atoms with van der Waals surface area (Å²) in [4.78, 5) is 25.9. The fourth-order valence-electron chi connectivity index (χ4n) is 3.91. The highest BCUT2D eigenvalue weighted by molar-refractivity contribution is 7.89. The summed E-state index contributed by atoms with van der Waals surface area (Å²) in [5.74, 6) is -0.110. The van der Waals surface area contributed by atoms with Gasteiger partial charge in [-0.25, -0.2) is 8.42 Å². The number of amides is 2. The average Bonchev–Trinajstić information content (AvgIpc) is 3.05. The molecule has 0 aromatic heterocycles. The lowest BCUT2D eigenvalue weighted by Crippen LogP contribution is -2.36. The van der Waals surface area contributed by atoms with E-state index in [1.165, 1.54) is 4.31 Å². The summed E-state index contributed by atoms with van der Waals surface area (Å²) < 4.78 is 28.3. The van der Waals surface area contributed by atoms with Crippen LogP contribution >= 0.6 is 0 Å². The maximum Gasteiger partial charge on any atom is 0.243 e. The third-order valence-corrected chi connectivity index (χ3v) is 7.32. The van der Waals surface area contributed by atoms with Crippen molar-refractivity contribution >= 4 is 27.5 Å². The number of nitrogens with one attached hydrogen (secondary N) is 1. The van der Waals surface area contributed by atoms with Gasteiger partial charge in [0.2, 0.25) is 21.8 Å². The molecule has 0 bridgehead atoms. The molecule has 8 heteroatoms. The van der Waals surface area contributed by atoms with Crippen LogP contribution in [0, 0.1) is 0 Å². The molecule has 7 nitrogen and oxygen atoms in total. The van der Waals surface area contributed by atoms with Crippen molar-refractivity contribution in [2.45, 2.75) is 30.2 Å². The topological polar surface area (TPSA) is 86.8 Å². The van der Waals surface area contributed by atoms with Crippen LogP contribution in [0.3, 0.4) is 0 Å². The van der Waals surface area contributed by atoms with E-state index < -0.39 is 16.1 Å². The van der Waals surface area contributed by atoms with Crippen LogP contribution in [0.2, 0.25) is 0 Å². The zero-order chi connectivity index (χ0) is 20.4. The van der Waals surface area contributed by atoms with Crippen LogP contribution < -0.4 is 10.2 Å². The summed E-state index contributed by atoms with van der Waals surface area (Å²) in [6, 6.07) is 15.1. The van der Waals surface area contributed by atoms with E-state index in [-0.39, 0.29) is 36.2 Å². The Hall–Kier alpha value is -2.71. The number of nitrogens with zero attached hydrogens (tertiary/aromatic N) is 2. The second-order valence-corrected chi connectivity index (χ2v) is 9.13. The number of sulfonamides is 1. The maximum absolute atomic E-state index is 13.4. The molecule has 29 heavy (non-hydrogen) atoms. The molecule has 2 aromatic carbocycles. The normalized spacial score (nSPS) is 21.1. The number of hydrogen-bond donors (Lipinski definition) is 1. The van der Waals surface area contributed by atoms with Crippen LogP contribution in [-0.2, 0) is 19.6 Å². The molecule has 0 saturated carbocycles. The largest absolute Gasteiger partial charge is 0.355 e. The van der Waals surface area contributed by atoms with Crippen molar-refractivity contribution in [1.82, 2.24) is 9.62 Å². The molecule has 2 amide bonds. The number of benzene rings is 2. The Morgan fingerprint density at radius 1 is 0.931 bits per heavy atom. The van der Waals surface area contributed by atoms with Crippen LogP contribution in [0.15, 0.2) is 59.5 Å². The van der Waals surface area contributed by atoms with Gasteiger partial charge in [-0.05, 0) is 36.2 Å². The average molecular weight is 413 g/mol. The van der Waals surface area contributed by atoms with Gasteiger partial charge in [-0.3, -0.25) is 9.59 Å². The molecular weight excluding hydrogens is 390 g/mol. The van der Waals surface area contributed by atoms with Crippen molar-refractivity contribution in [2.24, 2.45) is 0 Å². The standard InChI is InChI=1S/C21H23N3O4S/c25-20-15-19(16-5-2-1-3-6-16)24(14-12-22-20)29(27,28)18-10-8-17(9-11-18)23-13-4-7-21(23)26/h1-3,5-6,8-11,19H,4,7,12-15H2,(H,22,25)/t19-/m0/s1. The maximum atomic E-state index is 13.4. The van der Waals surface area contributed by atoms with Crippen molar-refractivity contribution in [3.63, 3.8) is 0 Å². The molecule has 0 aliphatic carbocycles. The summed E-state index contributed by atoms with van der Waals surface area (Å²) in [6.45, 7) is 1.11. The summed E-state index contributed by atoms with van der Waals surface area (Å²) in [6.07, 6.45) is 1.41. The zero-order valence-corrected chi connectivity index (χ0v) is 16.8. The van der Waals surface area contributed by atoms with Gasteiger partial charge in [-0.15, -0.1) is 0 Å². The molecule has 1 atom stereocenters. The van der Waals surface area contributed by atoms with E-state index in [0.29, 0.717) is 18.7 Å². The van der Waals surface area contributed by atoms with E-state index in [1.807, 2.05) is 30.3 Å². The van der Waals surface area contributed by atoms with Gasteiger partial charge >= 0.3 is 0 Å². The number of hydrogen-bond acceptors (Lipinski definition) is 4. The lowest BCUT2D eigenvalue weighted by Gasteiger charge is -2.28. The smallest absolute Gasteiger partial charge is 0.243 e. The highest BCUT2D eigenvalue weighted by atomic mass is 32.2. The summed E-state index contributed by atoms with van der Waals surface area (Å²) in [5, 5.41) is 2.76. The Morgan fingerprint density at radius 2 is 1.66 bits per heavy atom. The summed E-state index contributed by atoms with van der Waals surface area (Å²) in [5.41, 5.74) is 1.49. The number of rotatable bonds is 4. The van der Waals surface area contributed by atoms with Crippen molar-refractivity contribution < 1.29 is 18.0 Å². The van der Waals surface area contributed by atoms with E-state index in [0.717, 1.165) is 12.0 Å². The van der Waals surface area contributed by atoms with Gasteiger partial charge in [0.1, 0.15) is 0 Å². The van der Waals surface area contributed by atoms with E-state index >= 15 is 0 Å². The van der Waals surface area contributed by atoms with Crippen LogP contribution in [-0.4, -0.2) is 44.2 Å². The quantitative estimate of drug-likeness (QED) is 0.831. The zero-order valence-electron chi connectivity index (χ0n) is 16.0. The van der Waals surface area contributed by atoms with E-state index in [9.17, 15) is 18.0 Å². The first-order valence-corrected chi connectivity index (χ1v) is 11.1. The van der Waals surface area contributed by atoms with Crippen LogP contribution in [0.4, 0.5) is 5.69 Å². The Labute approximate surface area is 170 Å². The third kappa shape index (κ3) is 3.90. The molecule has 0 unspecified atom stereocenters. The fraction of sp³-hybridized carbons (Fsp3) is 0.333. The number of anilines is 1.